The summed E-state index contributed by atoms with van der Waals surface area (Å²) in [6.45, 7) is 1.10. The topological polar surface area (TPSA) is 62.7 Å². The van der Waals surface area contributed by atoms with Gasteiger partial charge in [-0.2, -0.15) is 10.1 Å². The van der Waals surface area contributed by atoms with E-state index in [4.69, 9.17) is 0 Å². The second kappa shape index (κ2) is 8.73. The van der Waals surface area contributed by atoms with E-state index in [1.165, 1.54) is 17.8 Å². The summed E-state index contributed by atoms with van der Waals surface area (Å²) in [7, 11) is 0. The molecule has 128 valence electrons. The van der Waals surface area contributed by atoms with Crippen molar-refractivity contribution in [2.75, 3.05) is 17.2 Å². The van der Waals surface area contributed by atoms with Crippen LogP contribution in [0.2, 0.25) is 0 Å². The molecule has 0 atom stereocenters. The Morgan fingerprint density at radius 1 is 0.920 bits per heavy atom. The molecule has 0 fully saturated rings. The molecule has 25 heavy (non-hydrogen) atoms. The highest BCUT2D eigenvalue weighted by Gasteiger charge is 2.03. The van der Waals surface area contributed by atoms with Crippen molar-refractivity contribution in [2.45, 2.75) is 19.4 Å². The number of benzene rings is 2. The third kappa shape index (κ3) is 5.24. The zero-order valence-electron chi connectivity index (χ0n) is 13.8. The van der Waals surface area contributed by atoms with Crippen molar-refractivity contribution in [3.63, 3.8) is 0 Å². The normalized spacial score (nSPS) is 10.4. The average molecular weight is 337 g/mol. The first-order valence-electron chi connectivity index (χ1n) is 8.26. The van der Waals surface area contributed by atoms with Gasteiger partial charge in [0.25, 0.3) is 0 Å². The Morgan fingerprint density at radius 3 is 2.56 bits per heavy atom. The minimum absolute atomic E-state index is 0.240. The number of halogens is 1. The first-order chi connectivity index (χ1) is 12.3. The van der Waals surface area contributed by atoms with Crippen molar-refractivity contribution in [2.24, 2.45) is 0 Å². The Hall–Kier alpha value is -3.02. The van der Waals surface area contributed by atoms with Crippen molar-refractivity contribution in [3.05, 3.63) is 77.7 Å². The molecule has 0 saturated carbocycles. The van der Waals surface area contributed by atoms with Crippen LogP contribution in [0.15, 0.2) is 60.8 Å². The Labute approximate surface area is 146 Å². The lowest BCUT2D eigenvalue weighted by Crippen LogP contribution is -2.10. The van der Waals surface area contributed by atoms with Crippen LogP contribution < -0.4 is 10.6 Å². The molecule has 0 aliphatic rings. The highest BCUT2D eigenvalue weighted by Crippen LogP contribution is 2.10. The Bertz CT molecular complexity index is 795. The molecular weight excluding hydrogens is 317 g/mol. The lowest BCUT2D eigenvalue weighted by atomic mass is 10.1. The van der Waals surface area contributed by atoms with E-state index in [-0.39, 0.29) is 5.82 Å². The van der Waals surface area contributed by atoms with Gasteiger partial charge in [-0.25, -0.2) is 4.39 Å². The van der Waals surface area contributed by atoms with Crippen LogP contribution in [-0.2, 0) is 13.0 Å². The van der Waals surface area contributed by atoms with Crippen LogP contribution in [0.4, 0.5) is 16.2 Å². The van der Waals surface area contributed by atoms with Crippen molar-refractivity contribution in [3.8, 4) is 0 Å². The summed E-state index contributed by atoms with van der Waals surface area (Å²) >= 11 is 0. The summed E-state index contributed by atoms with van der Waals surface area (Å²) in [5, 5.41) is 14.1. The Morgan fingerprint density at radius 2 is 1.72 bits per heavy atom. The predicted molar refractivity (Wildman–Crippen MR) is 96.8 cm³/mol. The van der Waals surface area contributed by atoms with Gasteiger partial charge < -0.3 is 10.6 Å². The number of aryl methyl sites for hydroxylation is 1. The summed E-state index contributed by atoms with van der Waals surface area (Å²) in [5.74, 6) is 0.784. The highest BCUT2D eigenvalue weighted by molar-refractivity contribution is 5.38. The fraction of sp³-hybridized carbons (Fsp3) is 0.211. The molecule has 2 aromatic carbocycles. The fourth-order valence-electron chi connectivity index (χ4n) is 2.43. The van der Waals surface area contributed by atoms with E-state index in [1.54, 1.807) is 18.2 Å². The zero-order valence-corrected chi connectivity index (χ0v) is 13.8. The number of hydrogen-bond acceptors (Lipinski definition) is 5. The van der Waals surface area contributed by atoms with E-state index in [0.29, 0.717) is 23.9 Å². The molecule has 2 N–H and O–H groups in total. The van der Waals surface area contributed by atoms with Crippen LogP contribution in [0, 0.1) is 5.82 Å². The summed E-state index contributed by atoms with van der Waals surface area (Å²) in [4.78, 5) is 4.34. The molecule has 0 aliphatic carbocycles. The van der Waals surface area contributed by atoms with Crippen molar-refractivity contribution in [1.82, 2.24) is 15.2 Å². The zero-order chi connectivity index (χ0) is 17.3. The van der Waals surface area contributed by atoms with Gasteiger partial charge in [0, 0.05) is 18.7 Å². The highest BCUT2D eigenvalue weighted by atomic mass is 19.1. The molecule has 0 bridgehead atoms. The molecule has 1 heterocycles. The van der Waals surface area contributed by atoms with Crippen LogP contribution in [0.5, 0.6) is 0 Å². The smallest absolute Gasteiger partial charge is 0.244 e. The van der Waals surface area contributed by atoms with E-state index in [2.05, 4.69) is 37.9 Å². The lowest BCUT2D eigenvalue weighted by Gasteiger charge is -2.08. The Kier molecular flexibility index (Phi) is 5.87. The number of anilines is 2. The van der Waals surface area contributed by atoms with E-state index >= 15 is 0 Å². The molecular formula is C19H20FN5. The van der Waals surface area contributed by atoms with E-state index in [9.17, 15) is 4.39 Å². The number of nitrogens with one attached hydrogen (secondary N) is 2. The van der Waals surface area contributed by atoms with Gasteiger partial charge in [-0.1, -0.05) is 48.5 Å². The summed E-state index contributed by atoms with van der Waals surface area (Å²) in [6, 6.07) is 17.0. The quantitative estimate of drug-likeness (QED) is 0.614. The molecule has 6 heteroatoms. The SMILES string of the molecule is Fc1ccccc1CNc1cnnc(NCCCc2ccccc2)n1. The molecule has 5 nitrogen and oxygen atoms in total. The van der Waals surface area contributed by atoms with Gasteiger partial charge in [-0.15, -0.1) is 5.10 Å². The van der Waals surface area contributed by atoms with Gasteiger partial charge in [-0.3, -0.25) is 0 Å². The molecule has 3 rings (SSSR count). The molecule has 0 spiro atoms. The van der Waals surface area contributed by atoms with E-state index in [1.807, 2.05) is 18.2 Å². The van der Waals surface area contributed by atoms with E-state index < -0.39 is 0 Å². The van der Waals surface area contributed by atoms with Crippen LogP contribution in [-0.4, -0.2) is 21.7 Å². The first-order valence-corrected chi connectivity index (χ1v) is 8.26. The van der Waals surface area contributed by atoms with Crippen molar-refractivity contribution < 1.29 is 4.39 Å². The van der Waals surface area contributed by atoms with Gasteiger partial charge in [0.15, 0.2) is 5.82 Å². The Balaban J connectivity index is 1.47. The van der Waals surface area contributed by atoms with E-state index in [0.717, 1.165) is 19.4 Å². The summed E-state index contributed by atoms with van der Waals surface area (Å²) in [5.41, 5.74) is 1.89. The number of hydrogen-bond donors (Lipinski definition) is 2. The largest absolute Gasteiger partial charge is 0.364 e. The fourth-order valence-corrected chi connectivity index (χ4v) is 2.43. The van der Waals surface area contributed by atoms with Crippen LogP contribution in [0.1, 0.15) is 17.5 Å². The second-order valence-corrected chi connectivity index (χ2v) is 5.63. The minimum Gasteiger partial charge on any atom is -0.364 e. The molecule has 0 unspecified atom stereocenters. The van der Waals surface area contributed by atoms with Gasteiger partial charge in [-0.05, 0) is 24.5 Å². The number of aromatic nitrogens is 3. The first kappa shape index (κ1) is 16.8. The van der Waals surface area contributed by atoms with Gasteiger partial charge in [0.2, 0.25) is 5.95 Å². The van der Waals surface area contributed by atoms with Crippen LogP contribution in [0.25, 0.3) is 0 Å². The lowest BCUT2D eigenvalue weighted by molar-refractivity contribution is 0.613. The molecule has 0 aliphatic heterocycles. The number of rotatable bonds is 8. The van der Waals surface area contributed by atoms with Crippen molar-refractivity contribution in [1.29, 1.82) is 0 Å². The van der Waals surface area contributed by atoms with Gasteiger partial charge in [0.1, 0.15) is 5.82 Å². The molecule has 0 amide bonds. The van der Waals surface area contributed by atoms with Gasteiger partial charge in [0.05, 0.1) is 6.20 Å². The number of nitrogens with zero attached hydrogens (tertiary/aromatic N) is 3. The summed E-state index contributed by atoms with van der Waals surface area (Å²) < 4.78 is 13.6. The maximum atomic E-state index is 13.6. The van der Waals surface area contributed by atoms with Crippen LogP contribution >= 0.6 is 0 Å². The minimum atomic E-state index is -0.240. The molecule has 0 radical (unpaired) electrons. The third-order valence-electron chi connectivity index (χ3n) is 3.74. The summed E-state index contributed by atoms with van der Waals surface area (Å²) in [6.07, 6.45) is 3.49. The third-order valence-corrected chi connectivity index (χ3v) is 3.74. The average Bonchev–Trinajstić information content (AvgIpc) is 2.66. The molecule has 3 aromatic rings. The van der Waals surface area contributed by atoms with Gasteiger partial charge >= 0.3 is 0 Å². The predicted octanol–water partition coefficient (Wildman–Crippen LogP) is 3.67. The monoisotopic (exact) mass is 337 g/mol. The maximum Gasteiger partial charge on any atom is 0.244 e. The van der Waals surface area contributed by atoms with Crippen molar-refractivity contribution >= 4 is 11.8 Å². The second-order valence-electron chi connectivity index (χ2n) is 5.63. The molecule has 1 aromatic heterocycles. The maximum absolute atomic E-state index is 13.6. The molecule has 0 saturated heterocycles. The van der Waals surface area contributed by atoms with Crippen LogP contribution in [0.3, 0.4) is 0 Å². The standard InChI is InChI=1S/C19H20FN5/c20-17-11-5-4-10-16(17)13-22-18-14-23-25-19(24-18)21-12-6-9-15-7-2-1-3-8-15/h1-5,7-8,10-11,14H,6,9,12-13H2,(H2,21,22,24,25).